The molecule has 0 spiro atoms. The molecule has 2 atom stereocenters. The van der Waals surface area contributed by atoms with Crippen LogP contribution in [0.1, 0.15) is 62.6 Å². The molecule has 8 rings (SSSR count). The summed E-state index contributed by atoms with van der Waals surface area (Å²) in [7, 11) is 6.03. The van der Waals surface area contributed by atoms with Gasteiger partial charge < -0.3 is 30.7 Å². The number of piperazine rings is 1. The highest BCUT2D eigenvalue weighted by Crippen LogP contribution is 2.39. The summed E-state index contributed by atoms with van der Waals surface area (Å²) in [5.74, 6) is 2.19. The second-order valence-electron chi connectivity index (χ2n) is 16.6. The molecule has 4 aliphatic heterocycles. The van der Waals surface area contributed by atoms with E-state index in [4.69, 9.17) is 21.7 Å². The third-order valence-corrected chi connectivity index (χ3v) is 13.0. The maximum atomic E-state index is 6.68. The number of benzene rings is 2. The monoisotopic (exact) mass is 799 g/mol. The second-order valence-corrected chi connectivity index (χ2v) is 17.0. The van der Waals surface area contributed by atoms with Crippen molar-refractivity contribution in [1.29, 1.82) is 0 Å². The number of nitrogens with zero attached hydrogens (tertiary/aromatic N) is 8. The molecule has 2 aromatic carbocycles. The Labute approximate surface area is 348 Å². The molecule has 3 N–H and O–H groups in total. The number of piperidine rings is 2. The van der Waals surface area contributed by atoms with Crippen LogP contribution in [0.15, 0.2) is 97.3 Å². The molecule has 2 unspecified atom stereocenters. The average molecular weight is 800 g/mol. The van der Waals surface area contributed by atoms with Crippen molar-refractivity contribution in [2.24, 2.45) is 13.0 Å². The van der Waals surface area contributed by atoms with Crippen LogP contribution < -0.4 is 30.7 Å². The van der Waals surface area contributed by atoms with Gasteiger partial charge in [0.05, 0.1) is 17.4 Å². The lowest BCUT2D eigenvalue weighted by Crippen LogP contribution is -2.54. The van der Waals surface area contributed by atoms with Crippen LogP contribution in [0.3, 0.4) is 0 Å². The maximum absolute atomic E-state index is 6.68. The second kappa shape index (κ2) is 16.5. The Morgan fingerprint density at radius 1 is 1.00 bits per heavy atom. The molecular formula is C46H58ClN11. The Morgan fingerprint density at radius 2 is 1.81 bits per heavy atom. The third kappa shape index (κ3) is 8.07. The number of rotatable bonds is 11. The molecule has 0 aliphatic carbocycles. The number of allylic oxidation sites excluding steroid dienone is 4. The molecule has 0 radical (unpaired) electrons. The number of likely N-dealkylation sites (N-methyl/N-ethyl adjacent to an activating group) is 1. The lowest BCUT2D eigenvalue weighted by Gasteiger charge is -2.43. The Bertz CT molecular complexity index is 2280. The molecule has 4 aromatic rings. The summed E-state index contributed by atoms with van der Waals surface area (Å²) in [5, 5.41) is 16.7. The van der Waals surface area contributed by atoms with E-state index >= 15 is 0 Å². The molecule has 3 saturated heterocycles. The number of hydrogen-bond donors (Lipinski definition) is 3. The van der Waals surface area contributed by atoms with Crippen LogP contribution in [-0.4, -0.2) is 84.1 Å². The summed E-state index contributed by atoms with van der Waals surface area (Å²) in [4.78, 5) is 19.3. The van der Waals surface area contributed by atoms with Crippen molar-refractivity contribution in [3.63, 3.8) is 0 Å². The van der Waals surface area contributed by atoms with Crippen molar-refractivity contribution in [2.45, 2.75) is 57.4 Å². The van der Waals surface area contributed by atoms with E-state index in [-0.39, 0.29) is 5.92 Å². The van der Waals surface area contributed by atoms with E-state index in [0.29, 0.717) is 28.7 Å². The number of aromatic nitrogens is 4. The van der Waals surface area contributed by atoms with Crippen molar-refractivity contribution in [1.82, 2.24) is 35.3 Å². The molecule has 0 bridgehead atoms. The van der Waals surface area contributed by atoms with Crippen molar-refractivity contribution in [2.75, 3.05) is 73.4 Å². The van der Waals surface area contributed by atoms with Crippen molar-refractivity contribution < 1.29 is 0 Å². The maximum Gasteiger partial charge on any atom is 0.227 e. The van der Waals surface area contributed by atoms with Crippen LogP contribution in [-0.2, 0) is 7.05 Å². The van der Waals surface area contributed by atoms with E-state index in [2.05, 4.69) is 130 Å². The highest BCUT2D eigenvalue weighted by atomic mass is 35.5. The Balaban J connectivity index is 0.859. The first kappa shape index (κ1) is 39.6. The Kier molecular flexibility index (Phi) is 11.3. The average Bonchev–Trinajstić information content (AvgIpc) is 3.55. The van der Waals surface area contributed by atoms with Crippen LogP contribution in [0.4, 0.5) is 28.8 Å². The summed E-state index contributed by atoms with van der Waals surface area (Å²) in [6.07, 6.45) is 9.98. The fourth-order valence-corrected chi connectivity index (χ4v) is 9.24. The predicted octanol–water partition coefficient (Wildman–Crippen LogP) is 8.54. The zero-order valence-electron chi connectivity index (χ0n) is 34.6. The number of hydrogen-bond acceptors (Lipinski definition) is 10. The molecule has 0 amide bonds. The minimum Gasteiger partial charge on any atom is -0.392 e. The number of halogens is 1. The number of aryl methyl sites for hydroxylation is 1. The zero-order valence-corrected chi connectivity index (χ0v) is 35.4. The van der Waals surface area contributed by atoms with Crippen molar-refractivity contribution >= 4 is 57.4 Å². The van der Waals surface area contributed by atoms with Gasteiger partial charge in [-0.1, -0.05) is 37.9 Å². The van der Waals surface area contributed by atoms with Gasteiger partial charge in [0, 0.05) is 123 Å². The van der Waals surface area contributed by atoms with E-state index in [9.17, 15) is 0 Å². The summed E-state index contributed by atoms with van der Waals surface area (Å²) in [6.45, 7) is 25.1. The molecule has 304 valence electrons. The molecule has 12 heteroatoms. The van der Waals surface area contributed by atoms with Gasteiger partial charge in [-0.15, -0.1) is 0 Å². The molecule has 6 heterocycles. The van der Waals surface area contributed by atoms with E-state index < -0.39 is 0 Å². The van der Waals surface area contributed by atoms with Crippen molar-refractivity contribution in [3.05, 3.63) is 114 Å². The van der Waals surface area contributed by atoms with Crippen LogP contribution in [0.5, 0.6) is 0 Å². The number of fused-ring (bicyclic) bond motifs is 2. The van der Waals surface area contributed by atoms with Crippen LogP contribution >= 0.6 is 11.6 Å². The first-order chi connectivity index (χ1) is 27.9. The van der Waals surface area contributed by atoms with Crippen molar-refractivity contribution in [3.8, 4) is 0 Å². The van der Waals surface area contributed by atoms with Gasteiger partial charge in [0.25, 0.3) is 0 Å². The predicted molar refractivity (Wildman–Crippen MR) is 242 cm³/mol. The van der Waals surface area contributed by atoms with Gasteiger partial charge in [-0.25, -0.2) is 4.98 Å². The minimum atomic E-state index is 0.205. The van der Waals surface area contributed by atoms with Gasteiger partial charge in [0.1, 0.15) is 5.02 Å². The van der Waals surface area contributed by atoms with Gasteiger partial charge in [-0.3, -0.25) is 9.58 Å². The SMILES string of the molecule is C=C(CCC1=Cc2cc(Nc3nc(N4CCN(CC5CCN(c6ccc7c(C8CCC(=C)NC8=C)nn(C)c7c6)CC5)C(C)C4)ncc3Cl)ccc2N(C)C1=C)NC. The summed E-state index contributed by atoms with van der Waals surface area (Å²) >= 11 is 6.68. The molecule has 58 heavy (non-hydrogen) atoms. The highest BCUT2D eigenvalue weighted by molar-refractivity contribution is 6.32. The Hall–Kier alpha value is -5.26. The topological polar surface area (TPSA) is 92.7 Å². The largest absolute Gasteiger partial charge is 0.392 e. The lowest BCUT2D eigenvalue weighted by atomic mass is 9.90. The van der Waals surface area contributed by atoms with Gasteiger partial charge in [0.15, 0.2) is 5.82 Å². The van der Waals surface area contributed by atoms with Crippen LogP contribution in [0, 0.1) is 5.92 Å². The number of anilines is 5. The quantitative estimate of drug-likeness (QED) is 0.137. The van der Waals surface area contributed by atoms with Crippen LogP contribution in [0.2, 0.25) is 5.02 Å². The smallest absolute Gasteiger partial charge is 0.227 e. The summed E-state index contributed by atoms with van der Waals surface area (Å²) in [5.41, 5.74) is 12.0. The van der Waals surface area contributed by atoms with Gasteiger partial charge in [-0.05, 0) is 99.4 Å². The molecule has 3 fully saturated rings. The standard InChI is InChI=1S/C46H58ClN11/c1-29(48-6)9-11-35-23-36-24-37(12-16-42(36)54(7)33(35)5)51-45-41(47)26-49-46(52-45)58-22-21-57(31(3)27-58)28-34-17-19-56(20-18-34)38-13-15-40-43(25-38)55(8)53-44(40)39-14-10-30(2)50-32(39)4/h12-13,15-16,23-26,31,34,39,48,50H,1-2,4-5,9-11,14,17-22,27-28H2,3,6-8H3,(H,49,51,52). The highest BCUT2D eigenvalue weighted by Gasteiger charge is 2.30. The van der Waals surface area contributed by atoms with E-state index in [1.165, 1.54) is 35.0 Å². The first-order valence-electron chi connectivity index (χ1n) is 20.7. The molecule has 0 saturated carbocycles. The van der Waals surface area contributed by atoms with E-state index in [0.717, 1.165) is 110 Å². The van der Waals surface area contributed by atoms with Gasteiger partial charge >= 0.3 is 0 Å². The number of nitrogens with one attached hydrogen (secondary N) is 3. The Morgan fingerprint density at radius 3 is 2.57 bits per heavy atom. The van der Waals surface area contributed by atoms with Gasteiger partial charge in [-0.2, -0.15) is 10.1 Å². The minimum absolute atomic E-state index is 0.205. The zero-order chi connectivity index (χ0) is 40.7. The molecule has 2 aromatic heterocycles. The summed E-state index contributed by atoms with van der Waals surface area (Å²) < 4.78 is 2.04. The molecular weight excluding hydrogens is 742 g/mol. The molecule has 4 aliphatic rings. The van der Waals surface area contributed by atoms with Gasteiger partial charge in [0.2, 0.25) is 5.95 Å². The lowest BCUT2D eigenvalue weighted by molar-refractivity contribution is 0.149. The van der Waals surface area contributed by atoms with Crippen LogP contribution in [0.25, 0.3) is 17.0 Å². The normalized spacial score (nSPS) is 20.6. The fourth-order valence-electron chi connectivity index (χ4n) is 9.10. The summed E-state index contributed by atoms with van der Waals surface area (Å²) in [6, 6.07) is 13.6. The molecule has 11 nitrogen and oxygen atoms in total. The van der Waals surface area contributed by atoms with E-state index in [1.807, 2.05) is 11.7 Å². The third-order valence-electron chi connectivity index (χ3n) is 12.7. The first-order valence-corrected chi connectivity index (χ1v) is 21.1. The van der Waals surface area contributed by atoms with E-state index in [1.54, 1.807) is 6.20 Å². The fraction of sp³-hybridized carbons (Fsp3) is 0.413.